The molecule has 0 spiro atoms. The van der Waals surface area contributed by atoms with E-state index in [4.69, 9.17) is 19.3 Å². The van der Waals surface area contributed by atoms with Crippen molar-refractivity contribution in [2.24, 2.45) is 0 Å². The van der Waals surface area contributed by atoms with E-state index in [2.05, 4.69) is 0 Å². The Hall–Kier alpha value is -1.03. The second-order valence-electron chi connectivity index (χ2n) is 7.52. The highest BCUT2D eigenvalue weighted by Gasteiger charge is 2.43. The molecule has 0 aliphatic carbocycles. The van der Waals surface area contributed by atoms with Gasteiger partial charge in [0.2, 0.25) is 0 Å². The van der Waals surface area contributed by atoms with Gasteiger partial charge in [0.15, 0.2) is 0 Å². The average molecular weight is 376 g/mol. The molecule has 6 atom stereocenters. The summed E-state index contributed by atoms with van der Waals surface area (Å²) in [5, 5.41) is 38.6. The molecule has 0 aromatic heterocycles. The van der Waals surface area contributed by atoms with Crippen LogP contribution in [0.1, 0.15) is 40.5 Å². The zero-order chi connectivity index (χ0) is 19.9. The van der Waals surface area contributed by atoms with Gasteiger partial charge in [-0.25, -0.2) is 4.79 Å². The number of rotatable bonds is 8. The predicted molar refractivity (Wildman–Crippen MR) is 93.4 cm³/mol. The molecule has 0 bridgehead atoms. The van der Waals surface area contributed by atoms with E-state index in [-0.39, 0.29) is 12.7 Å². The first-order valence-electron chi connectivity index (χ1n) is 8.86. The van der Waals surface area contributed by atoms with Gasteiger partial charge < -0.3 is 34.6 Å². The molecule has 26 heavy (non-hydrogen) atoms. The molecule has 0 amide bonds. The van der Waals surface area contributed by atoms with Crippen molar-refractivity contribution >= 4 is 5.97 Å². The highest BCUT2D eigenvalue weighted by atomic mass is 16.6. The van der Waals surface area contributed by atoms with Crippen LogP contribution in [0.5, 0.6) is 0 Å². The van der Waals surface area contributed by atoms with Gasteiger partial charge >= 0.3 is 5.97 Å². The third kappa shape index (κ3) is 7.69. The number of esters is 1. The van der Waals surface area contributed by atoms with Gasteiger partial charge in [-0.1, -0.05) is 6.08 Å². The standard InChI is InChI=1S/C18H32O8/c1-11(7-5-6-8-14(20)26-18(2,3)4)24-10-13-16(22)17(23)15(21)12(9-19)25-13/h6,8,11-13,15-17,19,21-23H,5,7,9-10H2,1-4H3/b8-6+/t11?,12?,13-,15-,16+,17?/m0/s1. The highest BCUT2D eigenvalue weighted by molar-refractivity contribution is 5.82. The lowest BCUT2D eigenvalue weighted by Gasteiger charge is -2.40. The zero-order valence-corrected chi connectivity index (χ0v) is 15.9. The summed E-state index contributed by atoms with van der Waals surface area (Å²) in [5.74, 6) is -0.396. The van der Waals surface area contributed by atoms with E-state index in [1.54, 1.807) is 26.8 Å². The van der Waals surface area contributed by atoms with Crippen LogP contribution in [0.2, 0.25) is 0 Å². The molecule has 8 heteroatoms. The number of hydrogen-bond acceptors (Lipinski definition) is 8. The van der Waals surface area contributed by atoms with E-state index in [9.17, 15) is 20.1 Å². The first-order chi connectivity index (χ1) is 12.0. The van der Waals surface area contributed by atoms with Gasteiger partial charge in [-0.3, -0.25) is 0 Å². The van der Waals surface area contributed by atoms with Crippen molar-refractivity contribution < 1.29 is 39.4 Å². The molecule has 0 aromatic rings. The van der Waals surface area contributed by atoms with Gasteiger partial charge in [-0.05, 0) is 40.5 Å². The first kappa shape index (κ1) is 23.0. The fraction of sp³-hybridized carbons (Fsp3) is 0.833. The molecule has 4 N–H and O–H groups in total. The number of carbonyl (C=O) groups excluding carboxylic acids is 1. The lowest BCUT2D eigenvalue weighted by molar-refractivity contribution is -0.241. The minimum absolute atomic E-state index is 0.0123. The Kier molecular flexibility index (Phi) is 9.15. The van der Waals surface area contributed by atoms with E-state index in [1.165, 1.54) is 6.08 Å². The number of carbonyl (C=O) groups is 1. The van der Waals surface area contributed by atoms with Gasteiger partial charge in [0.25, 0.3) is 0 Å². The van der Waals surface area contributed by atoms with Crippen molar-refractivity contribution in [3.8, 4) is 0 Å². The molecule has 1 fully saturated rings. The molecule has 152 valence electrons. The van der Waals surface area contributed by atoms with Crippen LogP contribution in [-0.2, 0) is 19.0 Å². The van der Waals surface area contributed by atoms with E-state index in [0.717, 1.165) is 0 Å². The zero-order valence-electron chi connectivity index (χ0n) is 15.9. The minimum atomic E-state index is -1.40. The lowest BCUT2D eigenvalue weighted by atomic mass is 9.95. The molecule has 3 unspecified atom stereocenters. The molecular weight excluding hydrogens is 344 g/mol. The fourth-order valence-electron chi connectivity index (χ4n) is 2.51. The molecule has 1 saturated heterocycles. The van der Waals surface area contributed by atoms with Crippen LogP contribution < -0.4 is 0 Å². The van der Waals surface area contributed by atoms with Crippen LogP contribution >= 0.6 is 0 Å². The number of allylic oxidation sites excluding steroid dienone is 1. The van der Waals surface area contributed by atoms with E-state index < -0.39 is 48.7 Å². The molecular formula is C18H32O8. The minimum Gasteiger partial charge on any atom is -0.457 e. The van der Waals surface area contributed by atoms with Crippen LogP contribution in [0, 0.1) is 0 Å². The van der Waals surface area contributed by atoms with Crippen LogP contribution in [0.15, 0.2) is 12.2 Å². The van der Waals surface area contributed by atoms with Crippen LogP contribution in [-0.4, -0.2) is 81.8 Å². The van der Waals surface area contributed by atoms with Crippen molar-refractivity contribution in [3.05, 3.63) is 12.2 Å². The molecule has 8 nitrogen and oxygen atoms in total. The van der Waals surface area contributed by atoms with Gasteiger partial charge in [0.05, 0.1) is 19.3 Å². The molecule has 1 rings (SSSR count). The van der Waals surface area contributed by atoms with E-state index in [0.29, 0.717) is 12.8 Å². The Morgan fingerprint density at radius 1 is 1.15 bits per heavy atom. The maximum atomic E-state index is 11.5. The Balaban J connectivity index is 2.33. The van der Waals surface area contributed by atoms with Crippen LogP contribution in [0.4, 0.5) is 0 Å². The topological polar surface area (TPSA) is 126 Å². The molecule has 1 heterocycles. The summed E-state index contributed by atoms with van der Waals surface area (Å²) in [6.45, 7) is 6.78. The SMILES string of the molecule is CC(CC/C=C/C(=O)OC(C)(C)C)OC[C@@H]1OC(CO)[C@H](O)C(O)[C@@H]1O. The van der Waals surface area contributed by atoms with Crippen molar-refractivity contribution in [3.63, 3.8) is 0 Å². The normalized spacial score (nSPS) is 31.2. The van der Waals surface area contributed by atoms with Gasteiger partial charge in [-0.15, -0.1) is 0 Å². The third-order valence-corrected chi connectivity index (χ3v) is 3.94. The van der Waals surface area contributed by atoms with Crippen molar-refractivity contribution in [1.29, 1.82) is 0 Å². The third-order valence-electron chi connectivity index (χ3n) is 3.94. The summed E-state index contributed by atoms with van der Waals surface area (Å²) < 4.78 is 16.1. The second-order valence-corrected chi connectivity index (χ2v) is 7.52. The molecule has 0 aromatic carbocycles. The second kappa shape index (κ2) is 10.3. The molecule has 1 aliphatic rings. The van der Waals surface area contributed by atoms with Gasteiger partial charge in [-0.2, -0.15) is 0 Å². The number of aliphatic hydroxyl groups is 4. The Morgan fingerprint density at radius 2 is 1.77 bits per heavy atom. The Morgan fingerprint density at radius 3 is 2.35 bits per heavy atom. The fourth-order valence-corrected chi connectivity index (χ4v) is 2.51. The largest absolute Gasteiger partial charge is 0.457 e. The van der Waals surface area contributed by atoms with Crippen LogP contribution in [0.3, 0.4) is 0 Å². The average Bonchev–Trinajstić information content (AvgIpc) is 2.54. The smallest absolute Gasteiger partial charge is 0.330 e. The molecule has 1 aliphatic heterocycles. The van der Waals surface area contributed by atoms with Crippen molar-refractivity contribution in [2.45, 2.75) is 82.8 Å². The summed E-state index contributed by atoms with van der Waals surface area (Å²) in [6, 6.07) is 0. The Bertz CT molecular complexity index is 457. The summed E-state index contributed by atoms with van der Waals surface area (Å²) in [7, 11) is 0. The molecule has 0 radical (unpaired) electrons. The number of ether oxygens (including phenoxy) is 3. The maximum Gasteiger partial charge on any atom is 0.330 e. The van der Waals surface area contributed by atoms with Gasteiger partial charge in [0.1, 0.15) is 36.1 Å². The Labute approximate surface area is 154 Å². The monoisotopic (exact) mass is 376 g/mol. The van der Waals surface area contributed by atoms with Crippen molar-refractivity contribution in [2.75, 3.05) is 13.2 Å². The highest BCUT2D eigenvalue weighted by Crippen LogP contribution is 2.22. The maximum absolute atomic E-state index is 11.5. The lowest BCUT2D eigenvalue weighted by Crippen LogP contribution is -2.59. The predicted octanol–water partition coefficient (Wildman–Crippen LogP) is -0.0880. The number of hydrogen-bond donors (Lipinski definition) is 4. The number of aliphatic hydroxyl groups excluding tert-OH is 4. The van der Waals surface area contributed by atoms with E-state index in [1.807, 2.05) is 6.92 Å². The van der Waals surface area contributed by atoms with Crippen LogP contribution in [0.25, 0.3) is 0 Å². The van der Waals surface area contributed by atoms with E-state index >= 15 is 0 Å². The summed E-state index contributed by atoms with van der Waals surface area (Å²) in [6.07, 6.45) is -1.69. The van der Waals surface area contributed by atoms with Crippen molar-refractivity contribution in [1.82, 2.24) is 0 Å². The summed E-state index contributed by atoms with van der Waals surface area (Å²) in [5.41, 5.74) is -0.525. The quantitative estimate of drug-likeness (QED) is 0.342. The summed E-state index contributed by atoms with van der Waals surface area (Å²) in [4.78, 5) is 11.5. The molecule has 0 saturated carbocycles. The summed E-state index contributed by atoms with van der Waals surface area (Å²) >= 11 is 0. The van der Waals surface area contributed by atoms with Gasteiger partial charge in [0, 0.05) is 6.08 Å². The first-order valence-corrected chi connectivity index (χ1v) is 8.86.